The minimum absolute atomic E-state index is 0.104. The number of rotatable bonds is 7. The molecule has 0 radical (unpaired) electrons. The van der Waals surface area contributed by atoms with E-state index in [2.05, 4.69) is 16.0 Å². The lowest BCUT2D eigenvalue weighted by molar-refractivity contribution is -0.118. The normalized spacial score (nSPS) is 14.3. The van der Waals surface area contributed by atoms with E-state index in [0.29, 0.717) is 17.1 Å². The van der Waals surface area contributed by atoms with Gasteiger partial charge in [0.15, 0.2) is 9.84 Å². The number of hydrogen-bond acceptors (Lipinski definition) is 5. The molecule has 1 saturated carbocycles. The van der Waals surface area contributed by atoms with E-state index in [1.54, 1.807) is 24.3 Å². The maximum absolute atomic E-state index is 12.6. The molecular formula is C21H25N3O4S. The van der Waals surface area contributed by atoms with Crippen LogP contribution in [0.3, 0.4) is 0 Å². The summed E-state index contributed by atoms with van der Waals surface area (Å²) in [6.07, 6.45) is 3.35. The first-order valence-corrected chi connectivity index (χ1v) is 11.2. The number of nitrogens with one attached hydrogen (secondary N) is 3. The highest BCUT2D eigenvalue weighted by Crippen LogP contribution is 2.29. The van der Waals surface area contributed by atoms with Crippen LogP contribution < -0.4 is 16.0 Å². The standard InChI is InChI=1S/C21H25N3O4S/c25-20(24-21(26)23-14-16-6-2-1-3-7-16)15-22-17-10-12-19(13-11-17)29(27,28)18-8-4-5-9-18/h1-3,6-7,10-13,18,22H,4-5,8-9,14-15H2,(H2,23,24,25,26). The zero-order valence-electron chi connectivity index (χ0n) is 16.1. The van der Waals surface area contributed by atoms with Gasteiger partial charge in [-0.1, -0.05) is 43.2 Å². The van der Waals surface area contributed by atoms with Gasteiger partial charge in [-0.15, -0.1) is 0 Å². The molecular weight excluding hydrogens is 390 g/mol. The average Bonchev–Trinajstić information content (AvgIpc) is 3.28. The minimum atomic E-state index is -3.29. The highest BCUT2D eigenvalue weighted by atomic mass is 32.2. The van der Waals surface area contributed by atoms with Crippen molar-refractivity contribution in [2.45, 2.75) is 42.4 Å². The quantitative estimate of drug-likeness (QED) is 0.645. The van der Waals surface area contributed by atoms with Crippen molar-refractivity contribution in [3.63, 3.8) is 0 Å². The van der Waals surface area contributed by atoms with E-state index >= 15 is 0 Å². The van der Waals surface area contributed by atoms with Gasteiger partial charge in [0.2, 0.25) is 5.91 Å². The van der Waals surface area contributed by atoms with Crippen LogP contribution in [0, 0.1) is 0 Å². The van der Waals surface area contributed by atoms with E-state index in [9.17, 15) is 18.0 Å². The zero-order chi connectivity index (χ0) is 20.7. The molecule has 154 valence electrons. The second-order valence-corrected chi connectivity index (χ2v) is 9.27. The first-order chi connectivity index (χ1) is 13.9. The number of hydrogen-bond donors (Lipinski definition) is 3. The van der Waals surface area contributed by atoms with Crippen LogP contribution in [0.15, 0.2) is 59.5 Å². The maximum atomic E-state index is 12.6. The number of anilines is 1. The highest BCUT2D eigenvalue weighted by molar-refractivity contribution is 7.92. The molecule has 3 amide bonds. The molecule has 1 aliphatic rings. The second kappa shape index (κ2) is 9.56. The molecule has 0 heterocycles. The van der Waals surface area contributed by atoms with E-state index < -0.39 is 21.8 Å². The molecule has 7 nitrogen and oxygen atoms in total. The van der Waals surface area contributed by atoms with Crippen LogP contribution in [0.2, 0.25) is 0 Å². The fraction of sp³-hybridized carbons (Fsp3) is 0.333. The summed E-state index contributed by atoms with van der Waals surface area (Å²) < 4.78 is 25.1. The number of carbonyl (C=O) groups is 2. The third-order valence-corrected chi connectivity index (χ3v) is 7.20. The van der Waals surface area contributed by atoms with E-state index in [0.717, 1.165) is 31.2 Å². The molecule has 2 aromatic carbocycles. The summed E-state index contributed by atoms with van der Waals surface area (Å²) in [5.41, 5.74) is 1.54. The molecule has 0 bridgehead atoms. The van der Waals surface area contributed by atoms with Crippen LogP contribution >= 0.6 is 0 Å². The Morgan fingerprint density at radius 3 is 2.24 bits per heavy atom. The SMILES string of the molecule is O=C(CNc1ccc(S(=O)(=O)C2CCCC2)cc1)NC(=O)NCc1ccccc1. The molecule has 0 aromatic heterocycles. The van der Waals surface area contributed by atoms with Gasteiger partial charge in [-0.05, 0) is 42.7 Å². The monoisotopic (exact) mass is 415 g/mol. The second-order valence-electron chi connectivity index (χ2n) is 7.05. The molecule has 2 aromatic rings. The van der Waals surface area contributed by atoms with E-state index in [1.807, 2.05) is 30.3 Å². The van der Waals surface area contributed by atoms with Crippen molar-refractivity contribution in [2.24, 2.45) is 0 Å². The molecule has 3 rings (SSSR count). The average molecular weight is 416 g/mol. The van der Waals surface area contributed by atoms with Crippen molar-refractivity contribution < 1.29 is 18.0 Å². The number of carbonyl (C=O) groups excluding carboxylic acids is 2. The third-order valence-electron chi connectivity index (χ3n) is 4.93. The largest absolute Gasteiger partial charge is 0.376 e. The van der Waals surface area contributed by atoms with Gasteiger partial charge < -0.3 is 10.6 Å². The van der Waals surface area contributed by atoms with Gasteiger partial charge in [0.1, 0.15) is 0 Å². The van der Waals surface area contributed by atoms with Crippen LogP contribution in [-0.2, 0) is 21.2 Å². The topological polar surface area (TPSA) is 104 Å². The Hall–Kier alpha value is -2.87. The van der Waals surface area contributed by atoms with Crippen molar-refractivity contribution in [1.82, 2.24) is 10.6 Å². The van der Waals surface area contributed by atoms with E-state index in [4.69, 9.17) is 0 Å². The van der Waals surface area contributed by atoms with Crippen LogP contribution in [0.1, 0.15) is 31.2 Å². The van der Waals surface area contributed by atoms with Crippen molar-refractivity contribution in [3.05, 3.63) is 60.2 Å². The van der Waals surface area contributed by atoms with Gasteiger partial charge in [0, 0.05) is 12.2 Å². The van der Waals surface area contributed by atoms with E-state index in [1.165, 1.54) is 0 Å². The fourth-order valence-corrected chi connectivity index (χ4v) is 5.18. The molecule has 0 unspecified atom stereocenters. The van der Waals surface area contributed by atoms with Gasteiger partial charge in [-0.25, -0.2) is 13.2 Å². The van der Waals surface area contributed by atoms with Gasteiger partial charge >= 0.3 is 6.03 Å². The number of benzene rings is 2. The first kappa shape index (κ1) is 20.9. The molecule has 1 aliphatic carbocycles. The van der Waals surface area contributed by atoms with Gasteiger partial charge in [-0.2, -0.15) is 0 Å². The summed E-state index contributed by atoms with van der Waals surface area (Å²) in [4.78, 5) is 24.0. The Bertz CT molecular complexity index is 938. The molecule has 8 heteroatoms. The van der Waals surface area contributed by atoms with Crippen molar-refractivity contribution >= 4 is 27.5 Å². The molecule has 1 fully saturated rings. The molecule has 0 saturated heterocycles. The van der Waals surface area contributed by atoms with Crippen LogP contribution in [-0.4, -0.2) is 32.2 Å². The van der Waals surface area contributed by atoms with Crippen LogP contribution in [0.4, 0.5) is 10.5 Å². The summed E-state index contributed by atoms with van der Waals surface area (Å²) in [5.74, 6) is -0.488. The summed E-state index contributed by atoms with van der Waals surface area (Å²) in [6.45, 7) is 0.220. The molecule has 0 atom stereocenters. The lowest BCUT2D eigenvalue weighted by Crippen LogP contribution is -2.41. The molecule has 0 spiro atoms. The van der Waals surface area contributed by atoms with Crippen molar-refractivity contribution in [3.8, 4) is 0 Å². The zero-order valence-corrected chi connectivity index (χ0v) is 16.9. The van der Waals surface area contributed by atoms with Crippen molar-refractivity contribution in [2.75, 3.05) is 11.9 Å². The lowest BCUT2D eigenvalue weighted by Gasteiger charge is -2.12. The molecule has 29 heavy (non-hydrogen) atoms. The van der Waals surface area contributed by atoms with Crippen molar-refractivity contribution in [1.29, 1.82) is 0 Å². The van der Waals surface area contributed by atoms with Gasteiger partial charge in [-0.3, -0.25) is 10.1 Å². The number of imide groups is 1. The number of urea groups is 1. The van der Waals surface area contributed by atoms with Crippen LogP contribution in [0.5, 0.6) is 0 Å². The van der Waals surface area contributed by atoms with E-state index in [-0.39, 0.29) is 11.8 Å². The van der Waals surface area contributed by atoms with Gasteiger partial charge in [0.05, 0.1) is 16.7 Å². The smallest absolute Gasteiger partial charge is 0.321 e. The number of sulfone groups is 1. The summed E-state index contributed by atoms with van der Waals surface area (Å²) in [6, 6.07) is 15.2. The Labute approximate surface area is 170 Å². The molecule has 3 N–H and O–H groups in total. The predicted octanol–water partition coefficient (Wildman–Crippen LogP) is 2.84. The fourth-order valence-electron chi connectivity index (χ4n) is 3.33. The third kappa shape index (κ3) is 5.80. The minimum Gasteiger partial charge on any atom is -0.376 e. The Balaban J connectivity index is 1.44. The highest BCUT2D eigenvalue weighted by Gasteiger charge is 2.30. The molecule has 0 aliphatic heterocycles. The number of amides is 3. The summed E-state index contributed by atoms with van der Waals surface area (Å²) >= 11 is 0. The van der Waals surface area contributed by atoms with Gasteiger partial charge in [0.25, 0.3) is 0 Å². The lowest BCUT2D eigenvalue weighted by atomic mass is 10.2. The Morgan fingerprint density at radius 1 is 0.931 bits per heavy atom. The first-order valence-electron chi connectivity index (χ1n) is 9.64. The Kier molecular flexibility index (Phi) is 6.87. The Morgan fingerprint density at radius 2 is 1.59 bits per heavy atom. The predicted molar refractivity (Wildman–Crippen MR) is 111 cm³/mol. The van der Waals surface area contributed by atoms with Crippen LogP contribution in [0.25, 0.3) is 0 Å². The summed E-state index contributed by atoms with van der Waals surface area (Å²) in [5, 5.41) is 7.45. The maximum Gasteiger partial charge on any atom is 0.321 e. The summed E-state index contributed by atoms with van der Waals surface area (Å²) in [7, 11) is -3.29.